The lowest BCUT2D eigenvalue weighted by Crippen LogP contribution is -2.21. The van der Waals surface area contributed by atoms with Gasteiger partial charge in [0.25, 0.3) is 0 Å². The first kappa shape index (κ1) is 12.8. The van der Waals surface area contributed by atoms with Crippen LogP contribution in [-0.4, -0.2) is 39.2 Å². The molecule has 0 unspecified atom stereocenters. The molecule has 0 spiro atoms. The van der Waals surface area contributed by atoms with E-state index in [1.165, 1.54) is 16.8 Å². The number of ether oxygens (including phenoxy) is 1. The fraction of sp³-hybridized carbons (Fsp3) is 0.538. The standard InChI is InChI=1S/C13H22N2O/c1-10-11(2)13(16-5)7-6-12(10)14-8-9-15(3)4/h6-7,14H,8-9H2,1-5H3. The van der Waals surface area contributed by atoms with Crippen molar-refractivity contribution in [3.8, 4) is 5.75 Å². The molecule has 1 aromatic rings. The van der Waals surface area contributed by atoms with Crippen molar-refractivity contribution < 1.29 is 4.74 Å². The lowest BCUT2D eigenvalue weighted by atomic mass is 10.1. The van der Waals surface area contributed by atoms with E-state index in [9.17, 15) is 0 Å². The molecule has 3 heteroatoms. The summed E-state index contributed by atoms with van der Waals surface area (Å²) in [5.41, 5.74) is 3.66. The van der Waals surface area contributed by atoms with Gasteiger partial charge in [0.1, 0.15) is 5.75 Å². The summed E-state index contributed by atoms with van der Waals surface area (Å²) in [6.45, 7) is 6.20. The maximum Gasteiger partial charge on any atom is 0.122 e. The quantitative estimate of drug-likeness (QED) is 0.827. The molecule has 90 valence electrons. The molecule has 3 nitrogen and oxygen atoms in total. The number of anilines is 1. The van der Waals surface area contributed by atoms with Crippen molar-refractivity contribution in [1.82, 2.24) is 4.90 Å². The maximum absolute atomic E-state index is 5.29. The van der Waals surface area contributed by atoms with Gasteiger partial charge in [-0.2, -0.15) is 0 Å². The molecule has 1 N–H and O–H groups in total. The summed E-state index contributed by atoms with van der Waals surface area (Å²) in [5, 5.41) is 3.44. The Bertz CT molecular complexity index is 348. The van der Waals surface area contributed by atoms with Gasteiger partial charge >= 0.3 is 0 Å². The highest BCUT2D eigenvalue weighted by Crippen LogP contribution is 2.26. The molecule has 0 saturated carbocycles. The number of nitrogens with one attached hydrogen (secondary N) is 1. The number of methoxy groups -OCH3 is 1. The van der Waals surface area contributed by atoms with Crippen LogP contribution in [0, 0.1) is 13.8 Å². The van der Waals surface area contributed by atoms with Gasteiger partial charge < -0.3 is 15.0 Å². The average molecular weight is 222 g/mol. The van der Waals surface area contributed by atoms with Crippen LogP contribution in [0.4, 0.5) is 5.69 Å². The Morgan fingerprint density at radius 1 is 1.19 bits per heavy atom. The van der Waals surface area contributed by atoms with Crippen LogP contribution in [0.5, 0.6) is 5.75 Å². The Morgan fingerprint density at radius 3 is 2.44 bits per heavy atom. The molecular formula is C13H22N2O. The molecule has 0 aliphatic heterocycles. The molecular weight excluding hydrogens is 200 g/mol. The molecule has 0 aromatic heterocycles. The van der Waals surface area contributed by atoms with E-state index in [4.69, 9.17) is 4.74 Å². The van der Waals surface area contributed by atoms with Crippen LogP contribution < -0.4 is 10.1 Å². The van der Waals surface area contributed by atoms with E-state index in [0.29, 0.717) is 0 Å². The van der Waals surface area contributed by atoms with Crippen LogP contribution in [0.2, 0.25) is 0 Å². The highest BCUT2D eigenvalue weighted by Gasteiger charge is 2.05. The second-order valence-corrected chi connectivity index (χ2v) is 4.30. The second-order valence-electron chi connectivity index (χ2n) is 4.30. The van der Waals surface area contributed by atoms with Crippen LogP contribution in [0.3, 0.4) is 0 Å². The Labute approximate surface area is 98.4 Å². The minimum absolute atomic E-state index is 0.954. The molecule has 16 heavy (non-hydrogen) atoms. The first-order valence-corrected chi connectivity index (χ1v) is 5.59. The molecule has 0 amide bonds. The first-order chi connectivity index (χ1) is 7.56. The van der Waals surface area contributed by atoms with Gasteiger partial charge in [-0.3, -0.25) is 0 Å². The molecule has 0 heterocycles. The van der Waals surface area contributed by atoms with Crippen molar-refractivity contribution in [2.24, 2.45) is 0 Å². The molecule has 1 rings (SSSR count). The second kappa shape index (κ2) is 5.75. The Morgan fingerprint density at radius 2 is 1.88 bits per heavy atom. The normalized spacial score (nSPS) is 10.6. The highest BCUT2D eigenvalue weighted by molar-refractivity contribution is 5.58. The van der Waals surface area contributed by atoms with E-state index in [-0.39, 0.29) is 0 Å². The number of hydrogen-bond acceptors (Lipinski definition) is 3. The Balaban J connectivity index is 2.71. The summed E-state index contributed by atoms with van der Waals surface area (Å²) in [6, 6.07) is 4.09. The van der Waals surface area contributed by atoms with E-state index in [2.05, 4.69) is 44.2 Å². The number of rotatable bonds is 5. The van der Waals surface area contributed by atoms with Crippen molar-refractivity contribution >= 4 is 5.69 Å². The Kier molecular flexibility index (Phi) is 4.62. The summed E-state index contributed by atoms with van der Waals surface area (Å²) in [4.78, 5) is 2.17. The van der Waals surface area contributed by atoms with E-state index in [1.807, 2.05) is 6.07 Å². The summed E-state index contributed by atoms with van der Waals surface area (Å²) in [5.74, 6) is 0.954. The van der Waals surface area contributed by atoms with Gasteiger partial charge in [0, 0.05) is 18.8 Å². The zero-order chi connectivity index (χ0) is 12.1. The minimum Gasteiger partial charge on any atom is -0.496 e. The van der Waals surface area contributed by atoms with Crippen molar-refractivity contribution in [3.05, 3.63) is 23.3 Å². The summed E-state index contributed by atoms with van der Waals surface area (Å²) in [7, 11) is 5.86. The zero-order valence-electron chi connectivity index (χ0n) is 10.9. The number of benzene rings is 1. The lowest BCUT2D eigenvalue weighted by molar-refractivity contribution is 0.411. The molecule has 0 aliphatic carbocycles. The van der Waals surface area contributed by atoms with Crippen LogP contribution in [0.25, 0.3) is 0 Å². The third-order valence-corrected chi connectivity index (χ3v) is 2.83. The van der Waals surface area contributed by atoms with E-state index < -0.39 is 0 Å². The van der Waals surface area contributed by atoms with Gasteiger partial charge in [-0.25, -0.2) is 0 Å². The van der Waals surface area contributed by atoms with Gasteiger partial charge in [0.05, 0.1) is 7.11 Å². The van der Waals surface area contributed by atoms with Gasteiger partial charge in [0.15, 0.2) is 0 Å². The zero-order valence-corrected chi connectivity index (χ0v) is 10.9. The van der Waals surface area contributed by atoms with Crippen LogP contribution >= 0.6 is 0 Å². The van der Waals surface area contributed by atoms with Crippen LogP contribution in [0.1, 0.15) is 11.1 Å². The van der Waals surface area contributed by atoms with Crippen molar-refractivity contribution in [1.29, 1.82) is 0 Å². The summed E-state index contributed by atoms with van der Waals surface area (Å²) in [6.07, 6.45) is 0. The first-order valence-electron chi connectivity index (χ1n) is 5.59. The SMILES string of the molecule is COc1ccc(NCCN(C)C)c(C)c1C. The highest BCUT2D eigenvalue weighted by atomic mass is 16.5. The average Bonchev–Trinajstić information content (AvgIpc) is 2.24. The third-order valence-electron chi connectivity index (χ3n) is 2.83. The molecule has 0 bridgehead atoms. The number of hydrogen-bond donors (Lipinski definition) is 1. The lowest BCUT2D eigenvalue weighted by Gasteiger charge is -2.16. The molecule has 0 aliphatic rings. The molecule has 0 atom stereocenters. The van der Waals surface area contributed by atoms with Crippen molar-refractivity contribution in [3.63, 3.8) is 0 Å². The summed E-state index contributed by atoms with van der Waals surface area (Å²) >= 11 is 0. The molecule has 0 radical (unpaired) electrons. The van der Waals surface area contributed by atoms with Gasteiger partial charge in [0.2, 0.25) is 0 Å². The molecule has 0 saturated heterocycles. The monoisotopic (exact) mass is 222 g/mol. The molecule has 1 aromatic carbocycles. The van der Waals surface area contributed by atoms with E-state index in [0.717, 1.165) is 18.8 Å². The van der Waals surface area contributed by atoms with Crippen molar-refractivity contribution in [2.45, 2.75) is 13.8 Å². The van der Waals surface area contributed by atoms with E-state index >= 15 is 0 Å². The largest absolute Gasteiger partial charge is 0.496 e. The number of likely N-dealkylation sites (N-methyl/N-ethyl adjacent to an activating group) is 1. The smallest absolute Gasteiger partial charge is 0.122 e. The number of nitrogens with zero attached hydrogens (tertiary/aromatic N) is 1. The third kappa shape index (κ3) is 3.14. The topological polar surface area (TPSA) is 24.5 Å². The van der Waals surface area contributed by atoms with Crippen LogP contribution in [-0.2, 0) is 0 Å². The fourth-order valence-electron chi connectivity index (χ4n) is 1.62. The fourth-order valence-corrected chi connectivity index (χ4v) is 1.62. The van der Waals surface area contributed by atoms with E-state index in [1.54, 1.807) is 7.11 Å². The predicted molar refractivity (Wildman–Crippen MR) is 69.5 cm³/mol. The van der Waals surface area contributed by atoms with Crippen LogP contribution in [0.15, 0.2) is 12.1 Å². The molecule has 0 fully saturated rings. The predicted octanol–water partition coefficient (Wildman–Crippen LogP) is 2.29. The van der Waals surface area contributed by atoms with Gasteiger partial charge in [-0.15, -0.1) is 0 Å². The maximum atomic E-state index is 5.29. The van der Waals surface area contributed by atoms with Gasteiger partial charge in [-0.1, -0.05) is 0 Å². The van der Waals surface area contributed by atoms with Gasteiger partial charge in [-0.05, 0) is 51.2 Å². The van der Waals surface area contributed by atoms with Crippen molar-refractivity contribution in [2.75, 3.05) is 39.6 Å². The minimum atomic E-state index is 0.954. The Hall–Kier alpha value is -1.22. The summed E-state index contributed by atoms with van der Waals surface area (Å²) < 4.78 is 5.29.